The maximum Gasteiger partial charge on any atom is 0.311 e. The summed E-state index contributed by atoms with van der Waals surface area (Å²) < 4.78 is 6.34. The third-order valence-corrected chi connectivity index (χ3v) is 9.53. The maximum absolute atomic E-state index is 12.8. The normalized spacial score (nSPS) is 13.1. The summed E-state index contributed by atoms with van der Waals surface area (Å²) >= 11 is 5.18. The van der Waals surface area contributed by atoms with Crippen LogP contribution in [0.5, 0.6) is 5.75 Å². The molecule has 0 amide bonds. The quantitative estimate of drug-likeness (QED) is 0.0740. The van der Waals surface area contributed by atoms with Gasteiger partial charge in [0, 0.05) is 33.6 Å². The minimum Gasteiger partial charge on any atom is -0.427 e. The molecule has 0 bridgehead atoms. The highest BCUT2D eigenvalue weighted by Gasteiger charge is 2.28. The number of benzene rings is 2. The lowest BCUT2D eigenvalue weighted by molar-refractivity contribution is -0.134. The van der Waals surface area contributed by atoms with Crippen LogP contribution < -0.4 is 4.74 Å². The van der Waals surface area contributed by atoms with Crippen molar-refractivity contribution in [1.29, 1.82) is 0 Å². The van der Waals surface area contributed by atoms with Crippen molar-refractivity contribution in [2.24, 2.45) is 0 Å². The van der Waals surface area contributed by atoms with Crippen LogP contribution in [0.15, 0.2) is 65.7 Å². The van der Waals surface area contributed by atoms with Crippen molar-refractivity contribution in [2.45, 2.75) is 64.7 Å². The Labute approximate surface area is 230 Å². The van der Waals surface area contributed by atoms with Crippen LogP contribution in [0.4, 0.5) is 0 Å². The van der Waals surface area contributed by atoms with Crippen molar-refractivity contribution in [3.63, 3.8) is 0 Å². The summed E-state index contributed by atoms with van der Waals surface area (Å²) in [6.07, 6.45) is 8.06. The van der Waals surface area contributed by atoms with Crippen LogP contribution in [0.25, 0.3) is 10.4 Å². The average molecular weight is 551 g/mol. The summed E-state index contributed by atoms with van der Waals surface area (Å²) in [6.45, 7) is 1.77. The second kappa shape index (κ2) is 13.2. The number of unbranched alkanes of at least 4 members (excludes halogenated alkanes) is 6. The summed E-state index contributed by atoms with van der Waals surface area (Å²) in [5.41, 5.74) is 3.41. The zero-order chi connectivity index (χ0) is 26.2. The standard InChI is InChI=1S/C30H30O4S3/c1-20-23(30(33)25-13-10-9-12-24(25)29(20)32)11-7-5-3-2-4-6-8-14-27(31)34-22-17-15-21(16-18-22)26-19-28(35)37-36-26/h9-10,12-13,15-19H,2-8,11,14H2,1H3. The number of rotatable bonds is 12. The number of ether oxygens (including phenoxy) is 1. The molecule has 0 saturated heterocycles. The van der Waals surface area contributed by atoms with Crippen LogP contribution in [0.3, 0.4) is 0 Å². The highest BCUT2D eigenvalue weighted by atomic mass is 32.9. The number of hydrogen-bond donors (Lipinski definition) is 0. The van der Waals surface area contributed by atoms with Gasteiger partial charge in [0.15, 0.2) is 11.6 Å². The van der Waals surface area contributed by atoms with Gasteiger partial charge in [0.05, 0.1) is 0 Å². The minimum atomic E-state index is -0.198. The first-order valence-electron chi connectivity index (χ1n) is 12.7. The van der Waals surface area contributed by atoms with Gasteiger partial charge in [-0.1, -0.05) is 89.3 Å². The van der Waals surface area contributed by atoms with Gasteiger partial charge >= 0.3 is 5.97 Å². The molecule has 2 aromatic carbocycles. The fourth-order valence-electron chi connectivity index (χ4n) is 4.55. The van der Waals surface area contributed by atoms with Gasteiger partial charge in [-0.3, -0.25) is 14.4 Å². The van der Waals surface area contributed by atoms with Crippen LogP contribution in [0.1, 0.15) is 85.4 Å². The molecule has 0 atom stereocenters. The number of allylic oxidation sites excluding steroid dienone is 2. The van der Waals surface area contributed by atoms with Crippen LogP contribution in [-0.2, 0) is 4.79 Å². The van der Waals surface area contributed by atoms with E-state index in [2.05, 4.69) is 0 Å². The molecule has 192 valence electrons. The first-order valence-corrected chi connectivity index (χ1v) is 15.3. The van der Waals surface area contributed by atoms with E-state index >= 15 is 0 Å². The van der Waals surface area contributed by atoms with Crippen LogP contribution >= 0.6 is 32.9 Å². The van der Waals surface area contributed by atoms with Crippen molar-refractivity contribution in [2.75, 3.05) is 0 Å². The van der Waals surface area contributed by atoms with Gasteiger partial charge in [0.1, 0.15) is 9.57 Å². The number of ketones is 2. The van der Waals surface area contributed by atoms with Gasteiger partial charge in [-0.25, -0.2) is 0 Å². The second-order valence-electron chi connectivity index (χ2n) is 9.27. The average Bonchev–Trinajstić information content (AvgIpc) is 3.34. The van der Waals surface area contributed by atoms with Crippen molar-refractivity contribution in [3.05, 3.63) is 80.7 Å². The Morgan fingerprint density at radius 2 is 1.43 bits per heavy atom. The Morgan fingerprint density at radius 3 is 2.08 bits per heavy atom. The molecule has 0 N–H and O–H groups in total. The Balaban J connectivity index is 1.08. The molecule has 0 saturated carbocycles. The van der Waals surface area contributed by atoms with E-state index in [9.17, 15) is 14.4 Å². The van der Waals surface area contributed by atoms with Gasteiger partial charge in [0.2, 0.25) is 0 Å². The number of hydrogen-bond acceptors (Lipinski definition) is 7. The van der Waals surface area contributed by atoms with Crippen molar-refractivity contribution >= 4 is 50.4 Å². The number of esters is 1. The number of carbonyl (C=O) groups is 3. The Kier molecular flexibility index (Phi) is 9.72. The summed E-state index contributed by atoms with van der Waals surface area (Å²) in [5.74, 6) is 0.353. The summed E-state index contributed by atoms with van der Waals surface area (Å²) in [6, 6.07) is 16.6. The summed E-state index contributed by atoms with van der Waals surface area (Å²) in [4.78, 5) is 38.7. The Hall–Kier alpha value is -2.74. The zero-order valence-corrected chi connectivity index (χ0v) is 23.4. The molecule has 1 aliphatic carbocycles. The van der Waals surface area contributed by atoms with E-state index in [1.807, 2.05) is 36.4 Å². The molecule has 0 unspecified atom stereocenters. The lowest BCUT2D eigenvalue weighted by atomic mass is 9.82. The van der Waals surface area contributed by atoms with E-state index in [1.54, 1.807) is 45.8 Å². The molecule has 4 rings (SSSR count). The van der Waals surface area contributed by atoms with E-state index < -0.39 is 0 Å². The third kappa shape index (κ3) is 7.18. The molecule has 1 aromatic heterocycles. The van der Waals surface area contributed by atoms with Crippen molar-refractivity contribution in [1.82, 2.24) is 0 Å². The molecule has 1 aliphatic rings. The van der Waals surface area contributed by atoms with Crippen molar-refractivity contribution in [3.8, 4) is 16.2 Å². The molecule has 0 radical (unpaired) electrons. The fraction of sp³-hybridized carbons (Fsp3) is 0.333. The van der Waals surface area contributed by atoms with Gasteiger partial charge in [-0.2, -0.15) is 0 Å². The predicted molar refractivity (Wildman–Crippen MR) is 153 cm³/mol. The first kappa shape index (κ1) is 27.3. The number of carbonyl (C=O) groups excluding carboxylic acids is 3. The molecule has 1 heterocycles. The smallest absolute Gasteiger partial charge is 0.311 e. The number of Topliss-reactive ketones (excluding diaryl/α,β-unsaturated/α-hetero) is 2. The monoisotopic (exact) mass is 550 g/mol. The largest absolute Gasteiger partial charge is 0.427 e. The van der Waals surface area contributed by atoms with E-state index in [1.165, 1.54) is 0 Å². The fourth-order valence-corrected chi connectivity index (χ4v) is 6.95. The molecule has 7 heteroatoms. The van der Waals surface area contributed by atoms with E-state index in [4.69, 9.17) is 17.0 Å². The lowest BCUT2D eigenvalue weighted by Gasteiger charge is -2.18. The van der Waals surface area contributed by atoms with E-state index in [0.717, 1.165) is 59.2 Å². The SMILES string of the molecule is CC1=C(CCCCCCCCCC(=O)Oc2ccc(-c3cc(=S)ss3)cc2)C(=O)c2ccccc2C1=O. The Bertz CT molecular complexity index is 1360. The molecule has 3 aromatic rings. The van der Waals surface area contributed by atoms with Gasteiger partial charge in [0.25, 0.3) is 0 Å². The highest BCUT2D eigenvalue weighted by molar-refractivity contribution is 7.80. The van der Waals surface area contributed by atoms with Crippen LogP contribution in [0, 0.1) is 3.82 Å². The minimum absolute atomic E-state index is 0.00416. The second-order valence-corrected chi connectivity index (χ2v) is 12.2. The summed E-state index contributed by atoms with van der Waals surface area (Å²) in [5, 5.41) is 0. The van der Waals surface area contributed by atoms with Crippen LogP contribution in [-0.4, -0.2) is 17.5 Å². The summed E-state index contributed by atoms with van der Waals surface area (Å²) in [7, 11) is 3.23. The van der Waals surface area contributed by atoms with Gasteiger partial charge in [-0.05, 0) is 62.1 Å². The molecule has 4 nitrogen and oxygen atoms in total. The highest BCUT2D eigenvalue weighted by Crippen LogP contribution is 2.31. The molecule has 37 heavy (non-hydrogen) atoms. The Morgan fingerprint density at radius 1 is 0.811 bits per heavy atom. The van der Waals surface area contributed by atoms with Crippen molar-refractivity contribution < 1.29 is 19.1 Å². The molecule has 0 aliphatic heterocycles. The van der Waals surface area contributed by atoms with Gasteiger partial charge in [-0.15, -0.1) is 0 Å². The van der Waals surface area contributed by atoms with E-state index in [0.29, 0.717) is 40.9 Å². The van der Waals surface area contributed by atoms with E-state index in [-0.39, 0.29) is 17.5 Å². The first-order chi connectivity index (χ1) is 17.9. The zero-order valence-electron chi connectivity index (χ0n) is 20.9. The molecule has 0 fully saturated rings. The third-order valence-electron chi connectivity index (χ3n) is 6.62. The predicted octanol–water partition coefficient (Wildman–Crippen LogP) is 9.02. The number of fused-ring (bicyclic) bond motifs is 1. The maximum atomic E-state index is 12.8. The topological polar surface area (TPSA) is 60.4 Å². The van der Waals surface area contributed by atoms with Crippen LogP contribution in [0.2, 0.25) is 0 Å². The molecular formula is C30H30O4S3. The molecule has 0 spiro atoms. The molecular weight excluding hydrogens is 521 g/mol. The lowest BCUT2D eigenvalue weighted by Crippen LogP contribution is -2.20. The van der Waals surface area contributed by atoms with Gasteiger partial charge < -0.3 is 4.74 Å².